The zero-order chi connectivity index (χ0) is 12.8. The van der Waals surface area contributed by atoms with E-state index in [0.29, 0.717) is 5.89 Å². The Morgan fingerprint density at radius 3 is 2.72 bits per heavy atom. The van der Waals surface area contributed by atoms with Gasteiger partial charge in [0.05, 0.1) is 5.75 Å². The maximum atomic E-state index is 5.64. The van der Waals surface area contributed by atoms with E-state index < -0.39 is 0 Å². The molecule has 1 aromatic heterocycles. The van der Waals surface area contributed by atoms with Gasteiger partial charge >= 0.3 is 0 Å². The lowest BCUT2D eigenvalue weighted by atomic mass is 10.1. The van der Waals surface area contributed by atoms with Gasteiger partial charge in [-0.3, -0.25) is 0 Å². The average molecular weight is 263 g/mol. The fourth-order valence-electron chi connectivity index (χ4n) is 1.58. The third-order valence-corrected chi connectivity index (χ3v) is 3.42. The number of thioether (sulfide) groups is 1. The van der Waals surface area contributed by atoms with Gasteiger partial charge in [-0.05, 0) is 29.9 Å². The van der Waals surface area contributed by atoms with Crippen molar-refractivity contribution in [3.05, 3.63) is 41.5 Å². The van der Waals surface area contributed by atoms with E-state index in [1.807, 2.05) is 24.3 Å². The molecule has 0 spiro atoms. The van der Waals surface area contributed by atoms with Crippen molar-refractivity contribution in [2.24, 2.45) is 0 Å². The molecule has 2 rings (SSSR count). The maximum absolute atomic E-state index is 5.64. The van der Waals surface area contributed by atoms with Crippen LogP contribution in [0.5, 0.6) is 0 Å². The van der Waals surface area contributed by atoms with Gasteiger partial charge in [-0.1, -0.05) is 24.2 Å². The Kier molecular flexibility index (Phi) is 4.64. The fourth-order valence-corrected chi connectivity index (χ4v) is 2.08. The first-order valence-electron chi connectivity index (χ1n) is 6.01. The van der Waals surface area contributed by atoms with Crippen LogP contribution in [0.15, 0.2) is 28.8 Å². The Bertz CT molecular complexity index is 481. The summed E-state index contributed by atoms with van der Waals surface area (Å²) in [4.78, 5) is 4.36. The van der Waals surface area contributed by atoms with Gasteiger partial charge in [-0.2, -0.15) is 16.7 Å². The predicted molar refractivity (Wildman–Crippen MR) is 74.4 cm³/mol. The Hall–Kier alpha value is -1.49. The summed E-state index contributed by atoms with van der Waals surface area (Å²) >= 11 is 1.79. The molecule has 0 atom stereocenters. The van der Waals surface area contributed by atoms with E-state index in [4.69, 9.17) is 10.3 Å². The van der Waals surface area contributed by atoms with Crippen LogP contribution in [0.25, 0.3) is 0 Å². The monoisotopic (exact) mass is 263 g/mol. The molecule has 2 N–H and O–H groups in total. The molecule has 0 fully saturated rings. The smallest absolute Gasteiger partial charge is 0.227 e. The third-order valence-electron chi connectivity index (χ3n) is 2.55. The summed E-state index contributed by atoms with van der Waals surface area (Å²) in [6.45, 7) is 2.12. The van der Waals surface area contributed by atoms with Crippen LogP contribution in [-0.4, -0.2) is 15.9 Å². The van der Waals surface area contributed by atoms with Crippen molar-refractivity contribution >= 4 is 17.4 Å². The molecule has 0 radical (unpaired) electrons. The molecule has 2 aromatic rings. The third kappa shape index (κ3) is 3.77. The lowest BCUT2D eigenvalue weighted by Gasteiger charge is -1.98. The Morgan fingerprint density at radius 2 is 2.00 bits per heavy atom. The second kappa shape index (κ2) is 6.44. The van der Waals surface area contributed by atoms with Crippen LogP contribution in [0.3, 0.4) is 0 Å². The number of nitrogen functional groups attached to an aromatic ring is 1. The molecule has 1 heterocycles. The number of nitrogens with zero attached hydrogens (tertiary/aromatic N) is 2. The van der Waals surface area contributed by atoms with Crippen molar-refractivity contribution in [3.63, 3.8) is 0 Å². The van der Waals surface area contributed by atoms with Gasteiger partial charge in [0, 0.05) is 12.1 Å². The van der Waals surface area contributed by atoms with Crippen LogP contribution >= 0.6 is 11.8 Å². The fraction of sp³-hybridized carbons (Fsp3) is 0.385. The van der Waals surface area contributed by atoms with Crippen molar-refractivity contribution in [3.8, 4) is 0 Å². The van der Waals surface area contributed by atoms with Crippen LogP contribution in [0.2, 0.25) is 0 Å². The Balaban J connectivity index is 1.86. The van der Waals surface area contributed by atoms with Gasteiger partial charge in [-0.15, -0.1) is 0 Å². The second-order valence-corrected chi connectivity index (χ2v) is 5.26. The summed E-state index contributed by atoms with van der Waals surface area (Å²) in [5.74, 6) is 3.38. The molecule has 4 nitrogen and oxygen atoms in total. The number of aryl methyl sites for hydroxylation is 2. The molecule has 96 valence electrons. The summed E-state index contributed by atoms with van der Waals surface area (Å²) < 4.78 is 5.21. The Morgan fingerprint density at radius 1 is 1.22 bits per heavy atom. The van der Waals surface area contributed by atoms with Gasteiger partial charge in [-0.25, -0.2) is 0 Å². The van der Waals surface area contributed by atoms with E-state index in [9.17, 15) is 0 Å². The van der Waals surface area contributed by atoms with E-state index in [1.54, 1.807) is 11.8 Å². The van der Waals surface area contributed by atoms with E-state index in [2.05, 4.69) is 17.1 Å². The maximum Gasteiger partial charge on any atom is 0.227 e. The number of aromatic nitrogens is 2. The SMILES string of the molecule is CCSCc1noc(CCc2ccc(N)cc2)n1. The molecule has 0 aliphatic rings. The zero-order valence-electron chi connectivity index (χ0n) is 10.4. The number of hydrogen-bond acceptors (Lipinski definition) is 5. The molecule has 18 heavy (non-hydrogen) atoms. The molecular weight excluding hydrogens is 246 g/mol. The van der Waals surface area contributed by atoms with Gasteiger partial charge in [0.1, 0.15) is 0 Å². The van der Waals surface area contributed by atoms with Gasteiger partial charge < -0.3 is 10.3 Å². The zero-order valence-corrected chi connectivity index (χ0v) is 11.2. The van der Waals surface area contributed by atoms with Crippen molar-refractivity contribution in [1.82, 2.24) is 10.1 Å². The highest BCUT2D eigenvalue weighted by Gasteiger charge is 2.06. The Labute approximate surface area is 111 Å². The van der Waals surface area contributed by atoms with Crippen LogP contribution in [0.4, 0.5) is 5.69 Å². The standard InChI is InChI=1S/C13H17N3OS/c1-2-18-9-12-15-13(17-16-12)8-5-10-3-6-11(14)7-4-10/h3-4,6-7H,2,5,8-9,14H2,1H3. The largest absolute Gasteiger partial charge is 0.399 e. The summed E-state index contributed by atoms with van der Waals surface area (Å²) in [5.41, 5.74) is 7.66. The topological polar surface area (TPSA) is 64.9 Å². The molecule has 0 aliphatic heterocycles. The van der Waals surface area contributed by atoms with Crippen molar-refractivity contribution in [2.45, 2.75) is 25.5 Å². The number of hydrogen-bond donors (Lipinski definition) is 1. The van der Waals surface area contributed by atoms with Crippen LogP contribution < -0.4 is 5.73 Å². The molecule has 1 aromatic carbocycles. The number of anilines is 1. The lowest BCUT2D eigenvalue weighted by molar-refractivity contribution is 0.374. The highest BCUT2D eigenvalue weighted by molar-refractivity contribution is 7.98. The van der Waals surface area contributed by atoms with Gasteiger partial charge in [0.15, 0.2) is 5.82 Å². The summed E-state index contributed by atoms with van der Waals surface area (Å²) in [6, 6.07) is 7.87. The predicted octanol–water partition coefficient (Wildman–Crippen LogP) is 2.69. The quantitative estimate of drug-likeness (QED) is 0.812. The molecule has 0 saturated heterocycles. The van der Waals surface area contributed by atoms with Crippen LogP contribution in [0.1, 0.15) is 24.2 Å². The van der Waals surface area contributed by atoms with E-state index in [-0.39, 0.29) is 0 Å². The van der Waals surface area contributed by atoms with Crippen molar-refractivity contribution in [2.75, 3.05) is 11.5 Å². The number of nitrogens with two attached hydrogens (primary N) is 1. The number of rotatable bonds is 6. The van der Waals surface area contributed by atoms with E-state index in [1.165, 1.54) is 5.56 Å². The minimum absolute atomic E-state index is 0.707. The van der Waals surface area contributed by atoms with Crippen molar-refractivity contribution < 1.29 is 4.52 Å². The van der Waals surface area contributed by atoms with Gasteiger partial charge in [0.2, 0.25) is 5.89 Å². The van der Waals surface area contributed by atoms with Crippen molar-refractivity contribution in [1.29, 1.82) is 0 Å². The molecule has 0 saturated carbocycles. The summed E-state index contributed by atoms with van der Waals surface area (Å²) in [6.07, 6.45) is 1.66. The lowest BCUT2D eigenvalue weighted by Crippen LogP contribution is -1.93. The molecule has 0 unspecified atom stereocenters. The minimum Gasteiger partial charge on any atom is -0.399 e. The molecule has 0 aliphatic carbocycles. The number of benzene rings is 1. The van der Waals surface area contributed by atoms with E-state index in [0.717, 1.165) is 35.9 Å². The highest BCUT2D eigenvalue weighted by Crippen LogP contribution is 2.11. The normalized spacial score (nSPS) is 10.7. The second-order valence-electron chi connectivity index (χ2n) is 3.98. The molecule has 5 heteroatoms. The van der Waals surface area contributed by atoms with Crippen LogP contribution in [-0.2, 0) is 18.6 Å². The average Bonchev–Trinajstić information content (AvgIpc) is 2.84. The molecule has 0 amide bonds. The summed E-state index contributed by atoms with van der Waals surface area (Å²) in [7, 11) is 0. The first kappa shape index (κ1) is 13.0. The minimum atomic E-state index is 0.707. The summed E-state index contributed by atoms with van der Waals surface area (Å²) in [5, 5.41) is 3.95. The first-order chi connectivity index (χ1) is 8.78. The highest BCUT2D eigenvalue weighted by atomic mass is 32.2. The van der Waals surface area contributed by atoms with Crippen LogP contribution in [0, 0.1) is 0 Å². The first-order valence-corrected chi connectivity index (χ1v) is 7.17. The molecule has 0 bridgehead atoms. The van der Waals surface area contributed by atoms with E-state index >= 15 is 0 Å². The molecular formula is C13H17N3OS. The van der Waals surface area contributed by atoms with Gasteiger partial charge in [0.25, 0.3) is 0 Å².